The molecule has 4 heteroatoms. The van der Waals surface area contributed by atoms with Gasteiger partial charge in [0.05, 0.1) is 11.7 Å². The number of fused-ring (bicyclic) bond motifs is 1. The van der Waals surface area contributed by atoms with Gasteiger partial charge in [-0.05, 0) is 68.6 Å². The highest BCUT2D eigenvalue weighted by Crippen LogP contribution is 2.64. The average molecular weight is 341 g/mol. The molecule has 24 heavy (non-hydrogen) atoms. The van der Waals surface area contributed by atoms with Crippen molar-refractivity contribution in [3.05, 3.63) is 0 Å². The van der Waals surface area contributed by atoms with Crippen molar-refractivity contribution in [3.63, 3.8) is 0 Å². The molecule has 7 atom stereocenters. The zero-order valence-electron chi connectivity index (χ0n) is 16.0. The lowest BCUT2D eigenvalue weighted by atomic mass is 9.43. The van der Waals surface area contributed by atoms with Crippen LogP contribution in [-0.2, 0) is 4.79 Å². The molecule has 0 saturated heterocycles. The molecule has 0 amide bonds. The Kier molecular flexibility index (Phi) is 5.42. The van der Waals surface area contributed by atoms with Crippen molar-refractivity contribution in [2.75, 3.05) is 0 Å². The van der Waals surface area contributed by atoms with E-state index >= 15 is 0 Å². The van der Waals surface area contributed by atoms with Crippen molar-refractivity contribution < 1.29 is 20.1 Å². The summed E-state index contributed by atoms with van der Waals surface area (Å²) in [6, 6.07) is 0. The molecule has 2 rings (SSSR count). The molecule has 1 unspecified atom stereocenters. The second kappa shape index (κ2) is 6.60. The zero-order valence-corrected chi connectivity index (χ0v) is 16.0. The SMILES string of the molecule is CC(CC[C@@]1(C)[C@H](C)CC[C@@]2(C)[C@@H]1CC[C@H](O)[C@]2(C)O)CC(=O)O. The summed E-state index contributed by atoms with van der Waals surface area (Å²) in [6.45, 7) is 10.6. The fourth-order valence-corrected chi connectivity index (χ4v) is 5.71. The van der Waals surface area contributed by atoms with Crippen molar-refractivity contribution in [3.8, 4) is 0 Å². The van der Waals surface area contributed by atoms with E-state index in [4.69, 9.17) is 5.11 Å². The molecule has 140 valence electrons. The van der Waals surface area contributed by atoms with E-state index in [9.17, 15) is 15.0 Å². The third kappa shape index (κ3) is 3.12. The number of aliphatic hydroxyl groups excluding tert-OH is 1. The van der Waals surface area contributed by atoms with Crippen LogP contribution in [0.1, 0.15) is 79.6 Å². The molecular formula is C20H36O4. The van der Waals surface area contributed by atoms with Crippen LogP contribution in [0.4, 0.5) is 0 Å². The molecule has 3 N–H and O–H groups in total. The van der Waals surface area contributed by atoms with Crippen molar-refractivity contribution in [1.29, 1.82) is 0 Å². The quantitative estimate of drug-likeness (QED) is 0.710. The Morgan fingerprint density at radius 2 is 1.83 bits per heavy atom. The first-order valence-corrected chi connectivity index (χ1v) is 9.57. The van der Waals surface area contributed by atoms with E-state index in [1.54, 1.807) is 0 Å². The van der Waals surface area contributed by atoms with Crippen molar-refractivity contribution in [1.82, 2.24) is 0 Å². The van der Waals surface area contributed by atoms with Crippen LogP contribution in [0, 0.1) is 28.6 Å². The van der Waals surface area contributed by atoms with Gasteiger partial charge in [-0.3, -0.25) is 4.79 Å². The predicted octanol–water partition coefficient (Wildman–Crippen LogP) is 3.84. The largest absolute Gasteiger partial charge is 0.481 e. The number of hydrogen-bond donors (Lipinski definition) is 3. The number of carbonyl (C=O) groups is 1. The fourth-order valence-electron chi connectivity index (χ4n) is 5.71. The van der Waals surface area contributed by atoms with Crippen LogP contribution in [0.3, 0.4) is 0 Å². The first-order valence-electron chi connectivity index (χ1n) is 9.57. The topological polar surface area (TPSA) is 77.8 Å². The number of aliphatic carboxylic acids is 1. The molecule has 2 aliphatic rings. The molecule has 4 nitrogen and oxygen atoms in total. The first kappa shape index (κ1) is 19.7. The van der Waals surface area contributed by atoms with Gasteiger partial charge in [0.2, 0.25) is 0 Å². The van der Waals surface area contributed by atoms with Crippen LogP contribution in [0.25, 0.3) is 0 Å². The lowest BCUT2D eigenvalue weighted by Crippen LogP contribution is -2.65. The number of carboxylic acid groups (broad SMARTS) is 1. The first-order chi connectivity index (χ1) is 10.9. The maximum Gasteiger partial charge on any atom is 0.303 e. The van der Waals surface area contributed by atoms with Gasteiger partial charge >= 0.3 is 5.97 Å². The summed E-state index contributed by atoms with van der Waals surface area (Å²) >= 11 is 0. The minimum absolute atomic E-state index is 0.0872. The summed E-state index contributed by atoms with van der Waals surface area (Å²) in [5.41, 5.74) is -1.24. The van der Waals surface area contributed by atoms with Gasteiger partial charge in [0.25, 0.3) is 0 Å². The van der Waals surface area contributed by atoms with Gasteiger partial charge in [-0.2, -0.15) is 0 Å². The third-order valence-corrected chi connectivity index (χ3v) is 8.02. The van der Waals surface area contributed by atoms with E-state index in [2.05, 4.69) is 20.8 Å². The molecule has 0 bridgehead atoms. The van der Waals surface area contributed by atoms with Crippen molar-refractivity contribution in [2.24, 2.45) is 28.6 Å². The van der Waals surface area contributed by atoms with Gasteiger partial charge in [-0.1, -0.05) is 27.7 Å². The number of aliphatic hydroxyl groups is 2. The lowest BCUT2D eigenvalue weighted by molar-refractivity contribution is -0.235. The van der Waals surface area contributed by atoms with Crippen LogP contribution in [-0.4, -0.2) is 33.0 Å². The van der Waals surface area contributed by atoms with Gasteiger partial charge in [-0.25, -0.2) is 0 Å². The van der Waals surface area contributed by atoms with E-state index in [1.165, 1.54) is 0 Å². The maximum atomic E-state index is 11.1. The van der Waals surface area contributed by atoms with Gasteiger partial charge < -0.3 is 15.3 Å². The van der Waals surface area contributed by atoms with Gasteiger partial charge in [-0.15, -0.1) is 0 Å². The van der Waals surface area contributed by atoms with E-state index in [1.807, 2.05) is 13.8 Å². The summed E-state index contributed by atoms with van der Waals surface area (Å²) in [4.78, 5) is 10.9. The van der Waals surface area contributed by atoms with Crippen LogP contribution in [0.5, 0.6) is 0 Å². The minimum atomic E-state index is -1.05. The van der Waals surface area contributed by atoms with Gasteiger partial charge in [0.1, 0.15) is 0 Å². The maximum absolute atomic E-state index is 11.1. The molecule has 2 aliphatic carbocycles. The van der Waals surface area contributed by atoms with Crippen LogP contribution >= 0.6 is 0 Å². The summed E-state index contributed by atoms with van der Waals surface area (Å²) in [6.07, 6.45) is 5.08. The third-order valence-electron chi connectivity index (χ3n) is 8.02. The van der Waals surface area contributed by atoms with E-state index < -0.39 is 17.7 Å². The monoisotopic (exact) mass is 340 g/mol. The Morgan fingerprint density at radius 1 is 1.21 bits per heavy atom. The fraction of sp³-hybridized carbons (Fsp3) is 0.950. The minimum Gasteiger partial charge on any atom is -0.481 e. The number of rotatable bonds is 5. The zero-order chi connectivity index (χ0) is 18.3. The molecule has 0 aromatic rings. The normalized spacial score (nSPS) is 47.0. The molecule has 0 aromatic heterocycles. The van der Waals surface area contributed by atoms with Crippen LogP contribution in [0.15, 0.2) is 0 Å². The highest BCUT2D eigenvalue weighted by atomic mass is 16.4. The molecular weight excluding hydrogens is 304 g/mol. The molecule has 0 heterocycles. The van der Waals surface area contributed by atoms with Crippen molar-refractivity contribution in [2.45, 2.75) is 91.3 Å². The summed E-state index contributed by atoms with van der Waals surface area (Å²) in [5, 5.41) is 30.5. The highest BCUT2D eigenvalue weighted by molar-refractivity contribution is 5.66. The Bertz CT molecular complexity index is 474. The highest BCUT2D eigenvalue weighted by Gasteiger charge is 2.62. The number of carboxylic acids is 1. The average Bonchev–Trinajstić information content (AvgIpc) is 2.47. The molecule has 2 fully saturated rings. The second-order valence-corrected chi connectivity index (χ2v) is 9.40. The van der Waals surface area contributed by atoms with Crippen LogP contribution < -0.4 is 0 Å². The number of hydrogen-bond acceptors (Lipinski definition) is 3. The Labute approximate surface area is 146 Å². The smallest absolute Gasteiger partial charge is 0.303 e. The van der Waals surface area contributed by atoms with Crippen LogP contribution in [0.2, 0.25) is 0 Å². The van der Waals surface area contributed by atoms with Gasteiger partial charge in [0.15, 0.2) is 0 Å². The molecule has 0 aromatic carbocycles. The lowest BCUT2D eigenvalue weighted by Gasteiger charge is -2.64. The van der Waals surface area contributed by atoms with E-state index in [0.29, 0.717) is 18.3 Å². The Balaban J connectivity index is 2.22. The Hall–Kier alpha value is -0.610. The van der Waals surface area contributed by atoms with E-state index in [-0.39, 0.29) is 23.2 Å². The standard InChI is InChI=1S/C20H36O4/c1-13(12-17(22)23)8-10-18(3)14(2)9-11-19(4)15(18)6-7-16(21)20(19,5)24/h13-16,21,24H,6-12H2,1-5H3,(H,22,23)/t13?,14-,15-,16+,18+,19+,20+/m1/s1. The summed E-state index contributed by atoms with van der Waals surface area (Å²) < 4.78 is 0. The molecule has 2 saturated carbocycles. The summed E-state index contributed by atoms with van der Waals surface area (Å²) in [7, 11) is 0. The molecule has 0 aliphatic heterocycles. The van der Waals surface area contributed by atoms with Crippen molar-refractivity contribution >= 4 is 5.97 Å². The van der Waals surface area contributed by atoms with Gasteiger partial charge in [0, 0.05) is 11.8 Å². The Morgan fingerprint density at radius 3 is 2.42 bits per heavy atom. The molecule has 0 radical (unpaired) electrons. The predicted molar refractivity (Wildman–Crippen MR) is 94.6 cm³/mol. The molecule has 0 spiro atoms. The summed E-state index contributed by atoms with van der Waals surface area (Å²) in [5.74, 6) is 0.370. The second-order valence-electron chi connectivity index (χ2n) is 9.40. The van der Waals surface area contributed by atoms with E-state index in [0.717, 1.165) is 32.1 Å².